The summed E-state index contributed by atoms with van der Waals surface area (Å²) in [6.07, 6.45) is 1.54. The number of nitrogens with one attached hydrogen (secondary N) is 1. The summed E-state index contributed by atoms with van der Waals surface area (Å²) in [4.78, 5) is 15.2. The minimum absolute atomic E-state index is 0.103. The molecular formula is C22H20ClF3N4O4S. The zero-order chi connectivity index (χ0) is 25.5. The molecule has 2 aliphatic rings. The lowest BCUT2D eigenvalue weighted by Gasteiger charge is -2.40. The fourth-order valence-corrected chi connectivity index (χ4v) is 8.16. The van der Waals surface area contributed by atoms with Crippen molar-refractivity contribution in [2.45, 2.75) is 41.4 Å². The first-order chi connectivity index (χ1) is 16.5. The highest BCUT2D eigenvalue weighted by molar-refractivity contribution is 7.92. The van der Waals surface area contributed by atoms with E-state index >= 15 is 0 Å². The Morgan fingerprint density at radius 3 is 2.31 bits per heavy atom. The number of rotatable bonds is 6. The molecule has 4 rings (SSSR count). The summed E-state index contributed by atoms with van der Waals surface area (Å²) >= 11 is 6.21. The molecule has 0 saturated heterocycles. The van der Waals surface area contributed by atoms with Crippen molar-refractivity contribution in [3.8, 4) is 0 Å². The number of aliphatic hydroxyl groups excluding tert-OH is 1. The summed E-state index contributed by atoms with van der Waals surface area (Å²) in [7, 11) is -4.05. The Morgan fingerprint density at radius 2 is 1.77 bits per heavy atom. The van der Waals surface area contributed by atoms with Crippen LogP contribution >= 0.6 is 11.6 Å². The number of sulfone groups is 1. The average molecular weight is 529 g/mol. The average Bonchev–Trinajstić information content (AvgIpc) is 3.10. The van der Waals surface area contributed by atoms with Crippen molar-refractivity contribution >= 4 is 33.0 Å². The number of anilines is 1. The number of carbonyl (C=O) groups is 1. The van der Waals surface area contributed by atoms with Crippen LogP contribution in [-0.4, -0.2) is 36.8 Å². The van der Waals surface area contributed by atoms with Crippen molar-refractivity contribution in [3.63, 3.8) is 0 Å². The number of hydrogen-bond donors (Lipinski definition) is 2. The molecule has 8 nitrogen and oxygen atoms in total. The van der Waals surface area contributed by atoms with Gasteiger partial charge in [0.2, 0.25) is 0 Å². The van der Waals surface area contributed by atoms with Crippen LogP contribution in [0.15, 0.2) is 40.3 Å². The fraction of sp³-hybridized carbons (Fsp3) is 0.409. The third kappa shape index (κ3) is 4.58. The molecule has 2 saturated carbocycles. The molecule has 0 spiro atoms. The first-order valence-corrected chi connectivity index (χ1v) is 12.6. The van der Waals surface area contributed by atoms with E-state index < -0.39 is 50.6 Å². The predicted octanol–water partition coefficient (Wildman–Crippen LogP) is 5.01. The highest BCUT2D eigenvalue weighted by Crippen LogP contribution is 2.52. The lowest BCUT2D eigenvalue weighted by molar-refractivity contribution is 0.102. The number of carbonyl (C=O) groups excluding carboxylic acids is 1. The van der Waals surface area contributed by atoms with Crippen LogP contribution in [0.3, 0.4) is 0 Å². The van der Waals surface area contributed by atoms with Gasteiger partial charge in [-0.2, -0.15) is 0 Å². The van der Waals surface area contributed by atoms with Gasteiger partial charge in [-0.3, -0.25) is 4.79 Å². The van der Waals surface area contributed by atoms with Gasteiger partial charge >= 0.3 is 0 Å². The monoisotopic (exact) mass is 528 g/mol. The van der Waals surface area contributed by atoms with Gasteiger partial charge < -0.3 is 10.4 Å². The Bertz CT molecular complexity index is 1310. The SMILES string of the molecule is [N-]=[N+]=NC1(CO)CC2CCC(C1)C2S(=O)(=O)c1cc(C(=O)Nc2cc(F)c(F)c(F)c2)ccc1Cl. The van der Waals surface area contributed by atoms with E-state index in [1.165, 1.54) is 12.1 Å². The van der Waals surface area contributed by atoms with Gasteiger partial charge in [0.25, 0.3) is 5.91 Å². The minimum Gasteiger partial charge on any atom is -0.396 e. The van der Waals surface area contributed by atoms with E-state index in [2.05, 4.69) is 15.3 Å². The second-order valence-electron chi connectivity index (χ2n) is 8.94. The molecule has 2 bridgehead atoms. The third-order valence-electron chi connectivity index (χ3n) is 6.77. The van der Waals surface area contributed by atoms with Crippen molar-refractivity contribution < 1.29 is 31.5 Å². The Hall–Kier alpha value is -2.79. The molecule has 2 aliphatic carbocycles. The number of azide groups is 1. The Kier molecular flexibility index (Phi) is 6.76. The quantitative estimate of drug-likeness (QED) is 0.236. The maximum absolute atomic E-state index is 13.7. The van der Waals surface area contributed by atoms with Crippen LogP contribution in [0.2, 0.25) is 5.02 Å². The third-order valence-corrected chi connectivity index (χ3v) is 9.65. The zero-order valence-electron chi connectivity index (χ0n) is 18.1. The molecule has 2 aromatic rings. The normalized spacial score (nSPS) is 25.7. The fourth-order valence-electron chi connectivity index (χ4n) is 5.32. The molecule has 2 N–H and O–H groups in total. The van der Waals surface area contributed by atoms with Crippen LogP contribution in [0.4, 0.5) is 18.9 Å². The maximum atomic E-state index is 13.7. The highest BCUT2D eigenvalue weighted by Gasteiger charge is 2.54. The second kappa shape index (κ2) is 9.34. The number of fused-ring (bicyclic) bond motifs is 2. The lowest BCUT2D eigenvalue weighted by atomic mass is 9.76. The van der Waals surface area contributed by atoms with Crippen molar-refractivity contribution in [1.82, 2.24) is 0 Å². The molecular weight excluding hydrogens is 509 g/mol. The van der Waals surface area contributed by atoms with Crippen molar-refractivity contribution in [2.24, 2.45) is 17.0 Å². The summed E-state index contributed by atoms with van der Waals surface area (Å²) in [5.74, 6) is -6.31. The van der Waals surface area contributed by atoms with Crippen LogP contribution in [0, 0.1) is 29.3 Å². The van der Waals surface area contributed by atoms with Crippen LogP contribution in [0.1, 0.15) is 36.0 Å². The molecule has 2 fully saturated rings. The summed E-state index contributed by atoms with van der Waals surface area (Å²) in [5.41, 5.74) is 7.34. The standard InChI is InChI=1S/C22H20ClF3N4O4S/c23-15-4-3-11(21(32)28-14-6-16(24)19(26)17(25)7-14)5-18(15)35(33,34)20-12-1-2-13(20)9-22(8-12,10-31)29-30-27/h3-7,12-13,20,31H,1-2,8-10H2,(H,28,32). The van der Waals surface area contributed by atoms with Crippen molar-refractivity contribution in [1.29, 1.82) is 0 Å². The zero-order valence-corrected chi connectivity index (χ0v) is 19.7. The van der Waals surface area contributed by atoms with E-state index in [-0.39, 0.29) is 45.8 Å². The molecule has 0 aliphatic heterocycles. The summed E-state index contributed by atoms with van der Waals surface area (Å²) in [6.45, 7) is -0.391. The van der Waals surface area contributed by atoms with Crippen LogP contribution < -0.4 is 5.32 Å². The number of benzene rings is 2. The van der Waals surface area contributed by atoms with Gasteiger partial charge in [-0.1, -0.05) is 16.7 Å². The molecule has 2 atom stereocenters. The number of aliphatic hydroxyl groups is 1. The Balaban J connectivity index is 1.64. The van der Waals surface area contributed by atoms with Gasteiger partial charge in [-0.15, -0.1) is 0 Å². The smallest absolute Gasteiger partial charge is 0.255 e. The predicted molar refractivity (Wildman–Crippen MR) is 121 cm³/mol. The molecule has 35 heavy (non-hydrogen) atoms. The summed E-state index contributed by atoms with van der Waals surface area (Å²) in [6, 6.07) is 4.77. The van der Waals surface area contributed by atoms with Gasteiger partial charge in [0, 0.05) is 28.3 Å². The van der Waals surface area contributed by atoms with Crippen LogP contribution in [0.25, 0.3) is 10.4 Å². The van der Waals surface area contributed by atoms with Crippen LogP contribution in [0.5, 0.6) is 0 Å². The van der Waals surface area contributed by atoms with Gasteiger partial charge in [-0.25, -0.2) is 21.6 Å². The molecule has 1 amide bonds. The van der Waals surface area contributed by atoms with E-state index in [1.54, 1.807) is 0 Å². The summed E-state index contributed by atoms with van der Waals surface area (Å²) < 4.78 is 67.5. The van der Waals surface area contributed by atoms with E-state index in [0.717, 1.165) is 6.07 Å². The number of hydrogen-bond acceptors (Lipinski definition) is 5. The highest BCUT2D eigenvalue weighted by atomic mass is 35.5. The number of amides is 1. The minimum atomic E-state index is -4.05. The van der Waals surface area contributed by atoms with E-state index in [1.807, 2.05) is 0 Å². The van der Waals surface area contributed by atoms with Gasteiger partial charge in [0.05, 0.1) is 27.3 Å². The molecule has 186 valence electrons. The van der Waals surface area contributed by atoms with Crippen LogP contribution in [-0.2, 0) is 9.84 Å². The molecule has 2 unspecified atom stereocenters. The first-order valence-electron chi connectivity index (χ1n) is 10.7. The molecule has 2 aromatic carbocycles. The molecule has 0 radical (unpaired) electrons. The van der Waals surface area contributed by atoms with E-state index in [0.29, 0.717) is 25.0 Å². The molecule has 13 heteroatoms. The van der Waals surface area contributed by atoms with Crippen molar-refractivity contribution in [2.75, 3.05) is 11.9 Å². The molecule has 0 heterocycles. The second-order valence-corrected chi connectivity index (χ2v) is 11.4. The Morgan fingerprint density at radius 1 is 1.17 bits per heavy atom. The largest absolute Gasteiger partial charge is 0.396 e. The van der Waals surface area contributed by atoms with Crippen molar-refractivity contribution in [3.05, 3.63) is 68.8 Å². The maximum Gasteiger partial charge on any atom is 0.255 e. The topological polar surface area (TPSA) is 132 Å². The van der Waals surface area contributed by atoms with Gasteiger partial charge in [0.15, 0.2) is 27.3 Å². The summed E-state index contributed by atoms with van der Waals surface area (Å²) in [5, 5.41) is 14.8. The van der Waals surface area contributed by atoms with E-state index in [9.17, 15) is 31.5 Å². The Labute approximate surface area is 203 Å². The number of halogens is 4. The van der Waals surface area contributed by atoms with Gasteiger partial charge in [0.1, 0.15) is 0 Å². The first kappa shape index (κ1) is 25.3. The molecule has 0 aromatic heterocycles. The number of nitrogens with zero attached hydrogens (tertiary/aromatic N) is 3. The lowest BCUT2D eigenvalue weighted by Crippen LogP contribution is -2.46. The van der Waals surface area contributed by atoms with Gasteiger partial charge in [-0.05, 0) is 61.2 Å². The van der Waals surface area contributed by atoms with E-state index in [4.69, 9.17) is 17.1 Å².